The van der Waals surface area contributed by atoms with E-state index in [0.717, 1.165) is 25.7 Å². The van der Waals surface area contributed by atoms with Crippen molar-refractivity contribution in [1.29, 1.82) is 0 Å². The van der Waals surface area contributed by atoms with Crippen LogP contribution in [0.25, 0.3) is 0 Å². The zero-order chi connectivity index (χ0) is 8.97. The van der Waals surface area contributed by atoms with Crippen LogP contribution in [0.5, 0.6) is 0 Å². The van der Waals surface area contributed by atoms with Gasteiger partial charge in [0.1, 0.15) is 5.38 Å². The summed E-state index contributed by atoms with van der Waals surface area (Å²) in [6.45, 7) is 0. The highest BCUT2D eigenvalue weighted by Gasteiger charge is 2.29. The molecule has 0 aliphatic heterocycles. The summed E-state index contributed by atoms with van der Waals surface area (Å²) in [5, 5.41) is 10.3. The predicted octanol–water partition coefficient (Wildman–Crippen LogP) is 2.59. The Bertz CT molecular complexity index is 163. The molecule has 1 aliphatic rings. The molecule has 0 unspecified atom stereocenters. The topological polar surface area (TPSA) is 43.1 Å². The lowest BCUT2D eigenvalue weighted by molar-refractivity contribution is -0.523. The molecule has 0 aromatic heterocycles. The zero-order valence-corrected chi connectivity index (χ0v) is 7.79. The number of rotatable bonds is 1. The van der Waals surface area contributed by atoms with Crippen LogP contribution in [0.1, 0.15) is 38.5 Å². The molecule has 0 heterocycles. The maximum Gasteiger partial charge on any atom is 0.229 e. The van der Waals surface area contributed by atoms with Crippen LogP contribution in [0, 0.1) is 10.1 Å². The van der Waals surface area contributed by atoms with Crippen molar-refractivity contribution in [3.63, 3.8) is 0 Å². The number of nitro groups is 1. The van der Waals surface area contributed by atoms with Gasteiger partial charge in [-0.05, 0) is 12.8 Å². The Morgan fingerprint density at radius 1 is 1.17 bits per heavy atom. The number of nitrogens with zero attached hydrogens (tertiary/aromatic N) is 1. The molecule has 0 spiro atoms. The van der Waals surface area contributed by atoms with Crippen LogP contribution >= 0.6 is 11.6 Å². The summed E-state index contributed by atoms with van der Waals surface area (Å²) in [5.74, 6) is 0. The molecule has 2 atom stereocenters. The van der Waals surface area contributed by atoms with Crippen LogP contribution in [0.4, 0.5) is 0 Å². The second-order valence-electron chi connectivity index (χ2n) is 3.36. The van der Waals surface area contributed by atoms with E-state index < -0.39 is 6.04 Å². The average molecular weight is 192 g/mol. The fourth-order valence-electron chi connectivity index (χ4n) is 1.66. The molecule has 0 radical (unpaired) electrons. The summed E-state index contributed by atoms with van der Waals surface area (Å²) in [5.41, 5.74) is 0. The third-order valence-corrected chi connectivity index (χ3v) is 2.93. The molecule has 12 heavy (non-hydrogen) atoms. The first-order valence-corrected chi connectivity index (χ1v) is 4.93. The molecule has 3 nitrogen and oxygen atoms in total. The van der Waals surface area contributed by atoms with Gasteiger partial charge in [-0.1, -0.05) is 19.3 Å². The fraction of sp³-hybridized carbons (Fsp3) is 1.00. The van der Waals surface area contributed by atoms with Gasteiger partial charge < -0.3 is 0 Å². The first-order chi connectivity index (χ1) is 5.72. The van der Waals surface area contributed by atoms with Gasteiger partial charge in [0.15, 0.2) is 0 Å². The van der Waals surface area contributed by atoms with Crippen molar-refractivity contribution in [1.82, 2.24) is 0 Å². The lowest BCUT2D eigenvalue weighted by Crippen LogP contribution is -2.30. The largest absolute Gasteiger partial charge is 0.264 e. The average Bonchev–Trinajstić information content (AvgIpc) is 1.96. The molecule has 1 aliphatic carbocycles. The highest BCUT2D eigenvalue weighted by atomic mass is 35.5. The number of alkyl halides is 1. The second kappa shape index (κ2) is 4.65. The maximum absolute atomic E-state index is 10.6. The van der Waals surface area contributed by atoms with E-state index in [4.69, 9.17) is 11.6 Å². The lowest BCUT2D eigenvalue weighted by atomic mass is 9.97. The van der Waals surface area contributed by atoms with Gasteiger partial charge in [0.05, 0.1) is 0 Å². The molecule has 0 aromatic carbocycles. The van der Waals surface area contributed by atoms with E-state index in [9.17, 15) is 10.1 Å². The van der Waals surface area contributed by atoms with E-state index in [1.54, 1.807) is 0 Å². The van der Waals surface area contributed by atoms with E-state index in [-0.39, 0.29) is 10.3 Å². The Labute approximate surface area is 77.2 Å². The van der Waals surface area contributed by atoms with E-state index >= 15 is 0 Å². The van der Waals surface area contributed by atoms with Crippen molar-refractivity contribution in [2.24, 2.45) is 0 Å². The smallest absolute Gasteiger partial charge is 0.229 e. The van der Waals surface area contributed by atoms with Crippen molar-refractivity contribution < 1.29 is 4.92 Å². The lowest BCUT2D eigenvalue weighted by Gasteiger charge is -2.17. The van der Waals surface area contributed by atoms with Gasteiger partial charge >= 0.3 is 0 Å². The Hall–Kier alpha value is -0.310. The van der Waals surface area contributed by atoms with Gasteiger partial charge in [0.25, 0.3) is 0 Å². The van der Waals surface area contributed by atoms with Gasteiger partial charge in [-0.15, -0.1) is 11.6 Å². The Morgan fingerprint density at radius 2 is 1.75 bits per heavy atom. The minimum Gasteiger partial charge on any atom is -0.264 e. The highest BCUT2D eigenvalue weighted by Crippen LogP contribution is 2.23. The molecular weight excluding hydrogens is 178 g/mol. The molecule has 0 N–H and O–H groups in total. The van der Waals surface area contributed by atoms with E-state index in [2.05, 4.69) is 0 Å². The number of hydrogen-bond acceptors (Lipinski definition) is 2. The van der Waals surface area contributed by atoms with Crippen molar-refractivity contribution in [3.05, 3.63) is 10.1 Å². The Morgan fingerprint density at radius 3 is 2.33 bits per heavy atom. The van der Waals surface area contributed by atoms with Gasteiger partial charge in [0.2, 0.25) is 6.04 Å². The van der Waals surface area contributed by atoms with Crippen LogP contribution in [-0.4, -0.2) is 16.3 Å². The summed E-state index contributed by atoms with van der Waals surface area (Å²) < 4.78 is 0. The van der Waals surface area contributed by atoms with Crippen LogP contribution in [-0.2, 0) is 0 Å². The first kappa shape index (κ1) is 9.78. The summed E-state index contributed by atoms with van der Waals surface area (Å²) in [6.07, 6.45) is 5.74. The standard InChI is InChI=1S/C8H14ClNO2/c9-7-5-3-1-2-4-6-8(7)10(11)12/h7-8H,1-6H2/t7-,8-/m0/s1. The predicted molar refractivity (Wildman–Crippen MR) is 48.1 cm³/mol. The number of hydrogen-bond donors (Lipinski definition) is 0. The Kier molecular flexibility index (Phi) is 3.79. The molecule has 0 saturated heterocycles. The summed E-state index contributed by atoms with van der Waals surface area (Å²) in [4.78, 5) is 10.3. The second-order valence-corrected chi connectivity index (χ2v) is 3.92. The van der Waals surface area contributed by atoms with E-state index in [0.29, 0.717) is 6.42 Å². The summed E-state index contributed by atoms with van der Waals surface area (Å²) >= 11 is 5.91. The zero-order valence-electron chi connectivity index (χ0n) is 7.04. The minimum absolute atomic E-state index is 0.219. The van der Waals surface area contributed by atoms with Crippen molar-refractivity contribution in [3.8, 4) is 0 Å². The van der Waals surface area contributed by atoms with E-state index in [1.807, 2.05) is 0 Å². The molecule has 1 saturated carbocycles. The molecule has 70 valence electrons. The third-order valence-electron chi connectivity index (χ3n) is 2.42. The van der Waals surface area contributed by atoms with E-state index in [1.165, 1.54) is 6.42 Å². The van der Waals surface area contributed by atoms with Gasteiger partial charge in [-0.25, -0.2) is 0 Å². The molecule has 0 amide bonds. The Balaban J connectivity index is 2.48. The normalized spacial score (nSPS) is 32.1. The molecule has 1 fully saturated rings. The van der Waals surface area contributed by atoms with Crippen LogP contribution in [0.2, 0.25) is 0 Å². The van der Waals surface area contributed by atoms with Gasteiger partial charge in [-0.2, -0.15) is 0 Å². The number of halogens is 1. The molecular formula is C8H14ClNO2. The van der Waals surface area contributed by atoms with Crippen molar-refractivity contribution in [2.45, 2.75) is 49.9 Å². The quantitative estimate of drug-likeness (QED) is 0.363. The molecule has 0 bridgehead atoms. The first-order valence-electron chi connectivity index (χ1n) is 4.49. The molecule has 4 heteroatoms. The third kappa shape index (κ3) is 2.63. The van der Waals surface area contributed by atoms with Crippen molar-refractivity contribution >= 4 is 11.6 Å². The summed E-state index contributed by atoms with van der Waals surface area (Å²) in [7, 11) is 0. The van der Waals surface area contributed by atoms with Crippen LogP contribution in [0.15, 0.2) is 0 Å². The van der Waals surface area contributed by atoms with Crippen molar-refractivity contribution in [2.75, 3.05) is 0 Å². The molecule has 0 aromatic rings. The van der Waals surface area contributed by atoms with Crippen LogP contribution in [0.3, 0.4) is 0 Å². The monoisotopic (exact) mass is 191 g/mol. The fourth-order valence-corrected chi connectivity index (χ4v) is 2.03. The maximum atomic E-state index is 10.6. The van der Waals surface area contributed by atoms with Gasteiger partial charge in [-0.3, -0.25) is 10.1 Å². The highest BCUT2D eigenvalue weighted by molar-refractivity contribution is 6.21. The SMILES string of the molecule is O=[N+]([O-])[C@H]1CCCCCC[C@@H]1Cl. The van der Waals surface area contributed by atoms with Gasteiger partial charge in [0, 0.05) is 11.3 Å². The minimum atomic E-state index is -0.507. The summed E-state index contributed by atoms with van der Waals surface area (Å²) in [6, 6.07) is -0.507. The van der Waals surface area contributed by atoms with Crippen LogP contribution < -0.4 is 0 Å². The molecule has 1 rings (SSSR count).